The van der Waals surface area contributed by atoms with Gasteiger partial charge < -0.3 is 5.32 Å². The molecule has 1 atom stereocenters. The topological polar surface area (TPSA) is 66.5 Å². The molecule has 2 aliphatic rings. The lowest BCUT2D eigenvalue weighted by molar-refractivity contribution is -0.131. The molecule has 5 nitrogen and oxygen atoms in total. The third-order valence-corrected chi connectivity index (χ3v) is 5.15. The average molecular weight is 328 g/mol. The van der Waals surface area contributed by atoms with E-state index in [1.807, 2.05) is 19.1 Å². The zero-order valence-electron chi connectivity index (χ0n) is 14.3. The van der Waals surface area contributed by atoms with E-state index in [1.165, 1.54) is 5.56 Å². The van der Waals surface area contributed by atoms with Crippen LogP contribution in [0.5, 0.6) is 0 Å². The first-order valence-electron chi connectivity index (χ1n) is 8.78. The molecule has 1 N–H and O–H groups in total. The van der Waals surface area contributed by atoms with Crippen LogP contribution in [0.3, 0.4) is 0 Å². The van der Waals surface area contributed by atoms with Gasteiger partial charge in [0.2, 0.25) is 0 Å². The molecule has 1 aliphatic heterocycles. The van der Waals surface area contributed by atoms with Crippen molar-refractivity contribution in [3.8, 4) is 0 Å². The number of ketones is 1. The van der Waals surface area contributed by atoms with Crippen molar-refractivity contribution in [2.75, 3.05) is 6.54 Å². The molecule has 1 unspecified atom stereocenters. The Balaban J connectivity index is 1.72. The molecule has 0 spiro atoms. The summed E-state index contributed by atoms with van der Waals surface area (Å²) < 4.78 is 0. The van der Waals surface area contributed by atoms with Crippen LogP contribution in [-0.4, -0.2) is 34.7 Å². The van der Waals surface area contributed by atoms with Crippen molar-refractivity contribution >= 4 is 17.7 Å². The second-order valence-electron chi connectivity index (χ2n) is 6.79. The van der Waals surface area contributed by atoms with Crippen LogP contribution in [0.25, 0.3) is 0 Å². The highest BCUT2D eigenvalue weighted by Gasteiger charge is 2.58. The zero-order chi connectivity index (χ0) is 17.3. The smallest absolute Gasteiger partial charge is 0.323 e. The molecule has 0 radical (unpaired) electrons. The van der Waals surface area contributed by atoms with Crippen molar-refractivity contribution in [1.82, 2.24) is 10.2 Å². The molecule has 5 heteroatoms. The first-order valence-corrected chi connectivity index (χ1v) is 8.78. The van der Waals surface area contributed by atoms with Crippen molar-refractivity contribution in [2.24, 2.45) is 5.92 Å². The summed E-state index contributed by atoms with van der Waals surface area (Å²) in [5.74, 6) is -0.231. The summed E-state index contributed by atoms with van der Waals surface area (Å²) in [5, 5.41) is 2.85. The Labute approximate surface area is 142 Å². The number of carbonyl (C=O) groups excluding carboxylic acids is 3. The number of nitrogens with one attached hydrogen (secondary N) is 1. The number of rotatable bonds is 7. The summed E-state index contributed by atoms with van der Waals surface area (Å²) in [5.41, 5.74) is 0.932. The van der Waals surface area contributed by atoms with Crippen LogP contribution >= 0.6 is 0 Å². The lowest BCUT2D eigenvalue weighted by atomic mass is 9.90. The number of aryl methyl sites for hydroxylation is 1. The summed E-state index contributed by atoms with van der Waals surface area (Å²) in [6.07, 6.45) is 4.51. The molecule has 0 bridgehead atoms. The fourth-order valence-electron chi connectivity index (χ4n) is 3.55. The van der Waals surface area contributed by atoms with Crippen molar-refractivity contribution in [3.63, 3.8) is 0 Å². The summed E-state index contributed by atoms with van der Waals surface area (Å²) in [6.45, 7) is 3.83. The highest BCUT2D eigenvalue weighted by atomic mass is 16.2. The van der Waals surface area contributed by atoms with Crippen molar-refractivity contribution < 1.29 is 14.4 Å². The van der Waals surface area contributed by atoms with Crippen LogP contribution in [-0.2, 0) is 11.2 Å². The number of imide groups is 1. The first kappa shape index (κ1) is 16.7. The van der Waals surface area contributed by atoms with Crippen LogP contribution in [0.15, 0.2) is 24.3 Å². The Morgan fingerprint density at radius 1 is 1.21 bits per heavy atom. The number of nitrogens with zero attached hydrogens (tertiary/aromatic N) is 1. The van der Waals surface area contributed by atoms with E-state index in [4.69, 9.17) is 0 Å². The van der Waals surface area contributed by atoms with Gasteiger partial charge in [0.1, 0.15) is 5.54 Å². The number of hydrogen-bond acceptors (Lipinski definition) is 3. The van der Waals surface area contributed by atoms with Crippen molar-refractivity contribution in [3.05, 3.63) is 35.4 Å². The van der Waals surface area contributed by atoms with E-state index in [-0.39, 0.29) is 24.2 Å². The number of carbonyl (C=O) groups is 3. The summed E-state index contributed by atoms with van der Waals surface area (Å²) in [7, 11) is 0. The van der Waals surface area contributed by atoms with Crippen molar-refractivity contribution in [2.45, 2.75) is 51.5 Å². The van der Waals surface area contributed by atoms with Crippen LogP contribution in [0.4, 0.5) is 4.79 Å². The Hall–Kier alpha value is -2.17. The van der Waals surface area contributed by atoms with Gasteiger partial charge in [-0.15, -0.1) is 0 Å². The van der Waals surface area contributed by atoms with Gasteiger partial charge >= 0.3 is 6.03 Å². The van der Waals surface area contributed by atoms with Gasteiger partial charge in [-0.05, 0) is 37.2 Å². The third-order valence-electron chi connectivity index (χ3n) is 5.15. The molecule has 3 rings (SSSR count). The van der Waals surface area contributed by atoms with Gasteiger partial charge in [0.15, 0.2) is 5.78 Å². The molecule has 1 saturated carbocycles. The summed E-state index contributed by atoms with van der Waals surface area (Å²) >= 11 is 0. The molecule has 24 heavy (non-hydrogen) atoms. The van der Waals surface area contributed by atoms with Crippen LogP contribution < -0.4 is 5.32 Å². The minimum absolute atomic E-state index is 0.188. The number of Topliss-reactive ketones (excluding diaryl/α,β-unsaturated/α-hetero) is 1. The van der Waals surface area contributed by atoms with E-state index in [0.717, 1.165) is 30.6 Å². The molecular formula is C19H24N2O3. The predicted octanol–water partition coefficient (Wildman–Crippen LogP) is 2.93. The Morgan fingerprint density at radius 3 is 2.42 bits per heavy atom. The minimum atomic E-state index is -0.789. The average Bonchev–Trinajstić information content (AvgIpc) is 3.39. The van der Waals surface area contributed by atoms with Crippen LogP contribution in [0.2, 0.25) is 0 Å². The molecule has 1 aromatic rings. The highest BCUT2D eigenvalue weighted by molar-refractivity contribution is 6.11. The predicted molar refractivity (Wildman–Crippen MR) is 90.8 cm³/mol. The van der Waals surface area contributed by atoms with E-state index < -0.39 is 11.6 Å². The Morgan fingerprint density at radius 2 is 1.88 bits per heavy atom. The van der Waals surface area contributed by atoms with Gasteiger partial charge in [-0.25, -0.2) is 4.79 Å². The molecule has 0 aromatic heterocycles. The van der Waals surface area contributed by atoms with Crippen LogP contribution in [0, 0.1) is 5.92 Å². The van der Waals surface area contributed by atoms with Gasteiger partial charge in [-0.2, -0.15) is 0 Å². The fourth-order valence-corrected chi connectivity index (χ4v) is 3.55. The first-order chi connectivity index (χ1) is 11.5. The van der Waals surface area contributed by atoms with Gasteiger partial charge in [0.05, 0.1) is 6.54 Å². The van der Waals surface area contributed by atoms with E-state index in [1.54, 1.807) is 12.1 Å². The summed E-state index contributed by atoms with van der Waals surface area (Å²) in [6, 6.07) is 6.98. The Bertz CT molecular complexity index is 664. The monoisotopic (exact) mass is 328 g/mol. The molecular weight excluding hydrogens is 304 g/mol. The summed E-state index contributed by atoms with van der Waals surface area (Å²) in [4.78, 5) is 38.5. The maximum atomic E-state index is 12.7. The standard InChI is InChI=1S/C19H24N2O3/c1-3-5-13-6-8-14(9-7-13)16(22)12-21-17(23)19(4-2,15-10-11-15)20-18(21)24/h6-9,15H,3-5,10-12H2,1-2H3,(H,20,24). The van der Waals surface area contributed by atoms with E-state index >= 15 is 0 Å². The van der Waals surface area contributed by atoms with Crippen LogP contribution in [0.1, 0.15) is 55.5 Å². The lowest BCUT2D eigenvalue weighted by Gasteiger charge is -2.24. The van der Waals surface area contributed by atoms with Gasteiger partial charge in [-0.3, -0.25) is 14.5 Å². The largest absolute Gasteiger partial charge is 0.325 e. The molecule has 3 amide bonds. The lowest BCUT2D eigenvalue weighted by Crippen LogP contribution is -2.48. The second-order valence-corrected chi connectivity index (χ2v) is 6.79. The van der Waals surface area contributed by atoms with Crippen molar-refractivity contribution in [1.29, 1.82) is 0 Å². The molecule has 1 saturated heterocycles. The van der Waals surface area contributed by atoms with Gasteiger partial charge in [0, 0.05) is 5.56 Å². The normalized spacial score (nSPS) is 23.5. The minimum Gasteiger partial charge on any atom is -0.323 e. The third kappa shape index (κ3) is 2.83. The molecule has 1 aromatic carbocycles. The molecule has 1 aliphatic carbocycles. The second kappa shape index (κ2) is 6.38. The maximum absolute atomic E-state index is 12.7. The van der Waals surface area contributed by atoms with E-state index in [0.29, 0.717) is 12.0 Å². The highest BCUT2D eigenvalue weighted by Crippen LogP contribution is 2.44. The number of urea groups is 1. The maximum Gasteiger partial charge on any atom is 0.325 e. The van der Waals surface area contributed by atoms with Gasteiger partial charge in [-0.1, -0.05) is 44.5 Å². The van der Waals surface area contributed by atoms with E-state index in [9.17, 15) is 14.4 Å². The molecule has 128 valence electrons. The fraction of sp³-hybridized carbons (Fsp3) is 0.526. The number of hydrogen-bond donors (Lipinski definition) is 1. The number of amides is 3. The zero-order valence-corrected chi connectivity index (χ0v) is 14.3. The van der Waals surface area contributed by atoms with E-state index in [2.05, 4.69) is 12.2 Å². The quantitative estimate of drug-likeness (QED) is 0.618. The SMILES string of the molecule is CCCc1ccc(C(=O)CN2C(=O)NC(CC)(C3CC3)C2=O)cc1. The molecule has 2 fully saturated rings. The Kier molecular flexibility index (Phi) is 4.43. The molecule has 1 heterocycles. The van der Waals surface area contributed by atoms with Gasteiger partial charge in [0.25, 0.3) is 5.91 Å². The number of benzene rings is 1.